The molecule has 1 saturated heterocycles. The maximum absolute atomic E-state index is 6.05. The number of likely N-dealkylation sites (N-methyl/N-ethyl adjacent to an activating group) is 1. The third-order valence-corrected chi connectivity index (χ3v) is 3.93. The molecular formula is C13H19NOS. The summed E-state index contributed by atoms with van der Waals surface area (Å²) in [6.45, 7) is 1.000. The average molecular weight is 237 g/mol. The van der Waals surface area contributed by atoms with Crippen LogP contribution in [-0.2, 0) is 6.42 Å². The fourth-order valence-electron chi connectivity index (χ4n) is 1.87. The Morgan fingerprint density at radius 3 is 3.06 bits per heavy atom. The van der Waals surface area contributed by atoms with Gasteiger partial charge in [-0.15, -0.1) is 0 Å². The zero-order valence-corrected chi connectivity index (χ0v) is 10.6. The quantitative estimate of drug-likeness (QED) is 0.849. The fraction of sp³-hybridized carbons (Fsp3) is 0.538. The summed E-state index contributed by atoms with van der Waals surface area (Å²) in [5.74, 6) is 3.45. The molecular weight excluding hydrogens is 218 g/mol. The van der Waals surface area contributed by atoms with E-state index < -0.39 is 0 Å². The molecule has 1 N–H and O–H groups in total. The van der Waals surface area contributed by atoms with Crippen LogP contribution in [0.25, 0.3) is 0 Å². The zero-order chi connectivity index (χ0) is 11.2. The lowest BCUT2D eigenvalue weighted by Gasteiger charge is -2.15. The fourth-order valence-corrected chi connectivity index (χ4v) is 2.96. The smallest absolute Gasteiger partial charge is 0.122 e. The number of ether oxygens (including phenoxy) is 1. The van der Waals surface area contributed by atoms with Gasteiger partial charge in [-0.05, 0) is 43.8 Å². The highest BCUT2D eigenvalue weighted by molar-refractivity contribution is 7.99. The summed E-state index contributed by atoms with van der Waals surface area (Å²) >= 11 is 1.99. The molecule has 1 aliphatic rings. The normalized spacial score (nSPS) is 19.9. The van der Waals surface area contributed by atoms with Crippen LogP contribution in [0.5, 0.6) is 5.75 Å². The Morgan fingerprint density at radius 1 is 1.44 bits per heavy atom. The van der Waals surface area contributed by atoms with Crippen molar-refractivity contribution in [1.82, 2.24) is 5.32 Å². The maximum atomic E-state index is 6.05. The van der Waals surface area contributed by atoms with Crippen molar-refractivity contribution in [3.8, 4) is 5.75 Å². The first-order valence-electron chi connectivity index (χ1n) is 5.87. The van der Waals surface area contributed by atoms with Crippen LogP contribution in [-0.4, -0.2) is 31.2 Å². The predicted octanol–water partition coefficient (Wildman–Crippen LogP) is 2.33. The van der Waals surface area contributed by atoms with E-state index in [0.29, 0.717) is 6.10 Å². The molecule has 0 saturated carbocycles. The highest BCUT2D eigenvalue weighted by Gasteiger charge is 2.17. The first-order chi connectivity index (χ1) is 7.90. The van der Waals surface area contributed by atoms with Crippen LogP contribution in [0.2, 0.25) is 0 Å². The van der Waals surface area contributed by atoms with Crippen molar-refractivity contribution in [2.45, 2.75) is 18.9 Å². The van der Waals surface area contributed by atoms with Crippen molar-refractivity contribution in [3.63, 3.8) is 0 Å². The average Bonchev–Trinajstić information content (AvgIpc) is 2.81. The van der Waals surface area contributed by atoms with Crippen LogP contribution in [0.4, 0.5) is 0 Å². The van der Waals surface area contributed by atoms with Gasteiger partial charge in [0, 0.05) is 5.75 Å². The lowest BCUT2D eigenvalue weighted by molar-refractivity contribution is 0.227. The van der Waals surface area contributed by atoms with Crippen molar-refractivity contribution in [3.05, 3.63) is 29.8 Å². The topological polar surface area (TPSA) is 21.3 Å². The van der Waals surface area contributed by atoms with E-state index in [1.165, 1.54) is 17.7 Å². The van der Waals surface area contributed by atoms with Crippen LogP contribution in [0.3, 0.4) is 0 Å². The van der Waals surface area contributed by atoms with Gasteiger partial charge in [-0.2, -0.15) is 11.8 Å². The monoisotopic (exact) mass is 237 g/mol. The Kier molecular flexibility index (Phi) is 4.55. The van der Waals surface area contributed by atoms with Gasteiger partial charge in [0.1, 0.15) is 11.9 Å². The number of nitrogens with one attached hydrogen (secondary N) is 1. The lowest BCUT2D eigenvalue weighted by atomic mass is 10.1. The molecule has 0 radical (unpaired) electrons. The van der Waals surface area contributed by atoms with Gasteiger partial charge < -0.3 is 10.1 Å². The highest BCUT2D eigenvalue weighted by Crippen LogP contribution is 2.25. The van der Waals surface area contributed by atoms with Gasteiger partial charge in [0.15, 0.2) is 0 Å². The summed E-state index contributed by atoms with van der Waals surface area (Å²) in [5.41, 5.74) is 1.31. The second-order valence-electron chi connectivity index (χ2n) is 4.06. The summed E-state index contributed by atoms with van der Waals surface area (Å²) in [4.78, 5) is 0. The number of hydrogen-bond donors (Lipinski definition) is 1. The van der Waals surface area contributed by atoms with Crippen LogP contribution >= 0.6 is 11.8 Å². The number of rotatable bonds is 5. The van der Waals surface area contributed by atoms with Gasteiger partial charge in [0.2, 0.25) is 0 Å². The molecule has 1 unspecified atom stereocenters. The summed E-state index contributed by atoms with van der Waals surface area (Å²) < 4.78 is 6.05. The van der Waals surface area contributed by atoms with Crippen molar-refractivity contribution < 1.29 is 4.74 Å². The molecule has 16 heavy (non-hydrogen) atoms. The summed E-state index contributed by atoms with van der Waals surface area (Å²) in [6, 6.07) is 8.39. The van der Waals surface area contributed by atoms with Gasteiger partial charge in [0.05, 0.1) is 0 Å². The molecule has 1 atom stereocenters. The minimum atomic E-state index is 0.417. The highest BCUT2D eigenvalue weighted by atomic mass is 32.2. The van der Waals surface area contributed by atoms with Gasteiger partial charge in [-0.3, -0.25) is 0 Å². The molecule has 0 aromatic heterocycles. The molecule has 0 aliphatic carbocycles. The molecule has 88 valence electrons. The van der Waals surface area contributed by atoms with E-state index in [0.717, 1.165) is 24.5 Å². The lowest BCUT2D eigenvalue weighted by Crippen LogP contribution is -2.17. The molecule has 1 heterocycles. The Labute approximate surface area is 102 Å². The van der Waals surface area contributed by atoms with Gasteiger partial charge in [-0.25, -0.2) is 0 Å². The molecule has 2 nitrogen and oxygen atoms in total. The first-order valence-corrected chi connectivity index (χ1v) is 7.02. The van der Waals surface area contributed by atoms with Crippen molar-refractivity contribution in [2.75, 3.05) is 25.1 Å². The number of benzene rings is 1. The molecule has 0 spiro atoms. The second kappa shape index (κ2) is 6.16. The first kappa shape index (κ1) is 11.8. The van der Waals surface area contributed by atoms with E-state index >= 15 is 0 Å². The number of thioether (sulfide) groups is 1. The van der Waals surface area contributed by atoms with E-state index in [1.807, 2.05) is 18.8 Å². The molecule has 0 bridgehead atoms. The van der Waals surface area contributed by atoms with Crippen molar-refractivity contribution in [2.24, 2.45) is 0 Å². The van der Waals surface area contributed by atoms with Crippen LogP contribution < -0.4 is 10.1 Å². The third-order valence-electron chi connectivity index (χ3n) is 2.80. The van der Waals surface area contributed by atoms with E-state index in [2.05, 4.69) is 29.6 Å². The third kappa shape index (κ3) is 3.16. The standard InChI is InChI=1S/C13H19NOS/c1-14-8-6-11-4-2-3-5-13(11)15-12-7-9-16-10-12/h2-5,12,14H,6-10H2,1H3. The van der Waals surface area contributed by atoms with Gasteiger partial charge >= 0.3 is 0 Å². The van der Waals surface area contributed by atoms with Crippen LogP contribution in [0.15, 0.2) is 24.3 Å². The summed E-state index contributed by atoms with van der Waals surface area (Å²) in [6.07, 6.45) is 2.64. The van der Waals surface area contributed by atoms with Crippen molar-refractivity contribution >= 4 is 11.8 Å². The predicted molar refractivity (Wildman–Crippen MR) is 70.4 cm³/mol. The van der Waals surface area contributed by atoms with Crippen LogP contribution in [0.1, 0.15) is 12.0 Å². The molecule has 1 aromatic rings. The largest absolute Gasteiger partial charge is 0.489 e. The Balaban J connectivity index is 2.00. The summed E-state index contributed by atoms with van der Waals surface area (Å²) in [5, 5.41) is 3.18. The number of para-hydroxylation sites is 1. The van der Waals surface area contributed by atoms with Crippen LogP contribution in [0, 0.1) is 0 Å². The van der Waals surface area contributed by atoms with Gasteiger partial charge in [0.25, 0.3) is 0 Å². The van der Waals surface area contributed by atoms with Crippen molar-refractivity contribution in [1.29, 1.82) is 0 Å². The number of hydrogen-bond acceptors (Lipinski definition) is 3. The molecule has 0 amide bonds. The zero-order valence-electron chi connectivity index (χ0n) is 9.74. The van der Waals surface area contributed by atoms with E-state index in [4.69, 9.17) is 4.74 Å². The van der Waals surface area contributed by atoms with E-state index in [-0.39, 0.29) is 0 Å². The Morgan fingerprint density at radius 2 is 2.31 bits per heavy atom. The molecule has 1 fully saturated rings. The Hall–Kier alpha value is -0.670. The van der Waals surface area contributed by atoms with E-state index in [1.54, 1.807) is 0 Å². The minimum absolute atomic E-state index is 0.417. The molecule has 2 rings (SSSR count). The SMILES string of the molecule is CNCCc1ccccc1OC1CCSC1. The minimum Gasteiger partial charge on any atom is -0.489 e. The van der Waals surface area contributed by atoms with E-state index in [9.17, 15) is 0 Å². The Bertz CT molecular complexity index is 323. The van der Waals surface area contributed by atoms with Gasteiger partial charge in [-0.1, -0.05) is 18.2 Å². The maximum Gasteiger partial charge on any atom is 0.122 e. The molecule has 3 heteroatoms. The summed E-state index contributed by atoms with van der Waals surface area (Å²) in [7, 11) is 1.98. The molecule has 1 aromatic carbocycles. The molecule has 1 aliphatic heterocycles. The second-order valence-corrected chi connectivity index (χ2v) is 5.21.